The Balaban J connectivity index is 1.46. The minimum absolute atomic E-state index is 0.238. The van der Waals surface area contributed by atoms with Gasteiger partial charge >= 0.3 is 0 Å². The van der Waals surface area contributed by atoms with Crippen molar-refractivity contribution in [2.45, 2.75) is 44.2 Å². The summed E-state index contributed by atoms with van der Waals surface area (Å²) in [6, 6.07) is 3.71. The first-order valence-electron chi connectivity index (χ1n) is 9.50. The maximum absolute atomic E-state index is 12.9. The fourth-order valence-corrected chi connectivity index (χ4v) is 4.35. The lowest BCUT2D eigenvalue weighted by molar-refractivity contribution is -0.163. The zero-order valence-corrected chi connectivity index (χ0v) is 15.0. The summed E-state index contributed by atoms with van der Waals surface area (Å²) in [5, 5.41) is 5.65. The molecule has 0 radical (unpaired) electrons. The van der Waals surface area contributed by atoms with Gasteiger partial charge in [0.05, 0.1) is 12.1 Å². The van der Waals surface area contributed by atoms with Crippen LogP contribution in [-0.2, 0) is 16.1 Å². The number of imide groups is 1. The number of hydrazine groups is 1. The predicted octanol–water partition coefficient (Wildman–Crippen LogP) is 1.62. The number of hydrogen-bond acceptors (Lipinski definition) is 5. The van der Waals surface area contributed by atoms with E-state index in [1.54, 1.807) is 6.07 Å². The summed E-state index contributed by atoms with van der Waals surface area (Å²) in [5.74, 6) is -0.220. The Labute approximate surface area is 156 Å². The number of benzene rings is 1. The summed E-state index contributed by atoms with van der Waals surface area (Å²) in [6.45, 7) is 2.04. The van der Waals surface area contributed by atoms with Crippen molar-refractivity contribution in [1.29, 1.82) is 0 Å². The summed E-state index contributed by atoms with van der Waals surface area (Å²) in [5.41, 5.74) is 1.95. The normalized spacial score (nSPS) is 23.5. The maximum atomic E-state index is 12.9. The highest BCUT2D eigenvalue weighted by Crippen LogP contribution is 2.39. The van der Waals surface area contributed by atoms with Crippen molar-refractivity contribution in [1.82, 2.24) is 15.3 Å². The molecule has 0 bridgehead atoms. The Morgan fingerprint density at radius 1 is 1.04 bits per heavy atom. The monoisotopic (exact) mass is 367 g/mol. The molecule has 2 fully saturated rings. The van der Waals surface area contributed by atoms with E-state index in [0.29, 0.717) is 30.6 Å². The van der Waals surface area contributed by atoms with Gasteiger partial charge in [0.25, 0.3) is 5.91 Å². The average Bonchev–Trinajstić information content (AvgIpc) is 2.96. The Bertz CT molecular complexity index is 869. The molecule has 4 aliphatic heterocycles. The van der Waals surface area contributed by atoms with E-state index in [1.807, 2.05) is 6.07 Å². The maximum Gasteiger partial charge on any atom is 0.273 e. The van der Waals surface area contributed by atoms with Crippen molar-refractivity contribution in [2.75, 3.05) is 13.1 Å². The summed E-state index contributed by atoms with van der Waals surface area (Å²) in [4.78, 5) is 37.4. The fraction of sp³-hybridized carbons (Fsp3) is 0.450. The van der Waals surface area contributed by atoms with E-state index in [9.17, 15) is 14.4 Å². The van der Waals surface area contributed by atoms with Gasteiger partial charge in [0.1, 0.15) is 11.4 Å². The first-order valence-corrected chi connectivity index (χ1v) is 9.50. The second-order valence-electron chi connectivity index (χ2n) is 7.61. The SMILES string of the molecule is O=C1c2cc3c(cc2CN1N1C(=O)CCCC1=O)C=CC1(CCNCC1)O3. The third kappa shape index (κ3) is 2.56. The lowest BCUT2D eigenvalue weighted by Gasteiger charge is -2.38. The van der Waals surface area contributed by atoms with Gasteiger partial charge in [-0.2, -0.15) is 5.01 Å². The van der Waals surface area contributed by atoms with E-state index < -0.39 is 0 Å². The van der Waals surface area contributed by atoms with Crippen LogP contribution < -0.4 is 10.1 Å². The molecule has 0 aliphatic carbocycles. The molecule has 1 spiro atoms. The molecule has 3 amide bonds. The molecule has 7 nitrogen and oxygen atoms in total. The number of fused-ring (bicyclic) bond motifs is 2. The molecule has 1 N–H and O–H groups in total. The van der Waals surface area contributed by atoms with Crippen molar-refractivity contribution in [3.8, 4) is 5.75 Å². The van der Waals surface area contributed by atoms with Crippen LogP contribution in [0.1, 0.15) is 53.6 Å². The van der Waals surface area contributed by atoms with Crippen LogP contribution in [0.15, 0.2) is 18.2 Å². The largest absolute Gasteiger partial charge is 0.482 e. The zero-order chi connectivity index (χ0) is 18.6. The first kappa shape index (κ1) is 16.5. The molecule has 0 atom stereocenters. The number of hydrogen-bond donors (Lipinski definition) is 1. The van der Waals surface area contributed by atoms with Crippen LogP contribution in [-0.4, -0.2) is 46.4 Å². The molecule has 0 saturated carbocycles. The number of nitrogens with zero attached hydrogens (tertiary/aromatic N) is 2. The van der Waals surface area contributed by atoms with E-state index >= 15 is 0 Å². The second-order valence-corrected chi connectivity index (χ2v) is 7.61. The lowest BCUT2D eigenvalue weighted by Crippen LogP contribution is -2.52. The van der Waals surface area contributed by atoms with Crippen LogP contribution in [0.3, 0.4) is 0 Å². The topological polar surface area (TPSA) is 79.0 Å². The Hall–Kier alpha value is -2.67. The van der Waals surface area contributed by atoms with Gasteiger partial charge in [-0.3, -0.25) is 14.4 Å². The van der Waals surface area contributed by atoms with Crippen molar-refractivity contribution < 1.29 is 19.1 Å². The smallest absolute Gasteiger partial charge is 0.273 e. The summed E-state index contributed by atoms with van der Waals surface area (Å²) in [6.07, 6.45) is 7.10. The van der Waals surface area contributed by atoms with Gasteiger partial charge in [-0.1, -0.05) is 6.08 Å². The van der Waals surface area contributed by atoms with Gasteiger partial charge in [-0.15, -0.1) is 0 Å². The quantitative estimate of drug-likeness (QED) is 0.763. The third-order valence-corrected chi connectivity index (χ3v) is 5.85. The van der Waals surface area contributed by atoms with Crippen molar-refractivity contribution in [2.24, 2.45) is 0 Å². The van der Waals surface area contributed by atoms with Gasteiger partial charge < -0.3 is 10.1 Å². The Kier molecular flexibility index (Phi) is 3.62. The first-order chi connectivity index (χ1) is 13.1. The van der Waals surface area contributed by atoms with E-state index in [4.69, 9.17) is 4.74 Å². The number of piperidine rings is 2. The van der Waals surface area contributed by atoms with E-state index in [0.717, 1.165) is 42.1 Å². The average molecular weight is 367 g/mol. The highest BCUT2D eigenvalue weighted by molar-refractivity contribution is 6.05. The third-order valence-electron chi connectivity index (χ3n) is 5.85. The second kappa shape index (κ2) is 5.92. The standard InChI is InChI=1S/C20H21N3O4/c24-17-2-1-3-18(25)23(17)22-12-14-10-13-4-5-20(6-8-21-9-7-20)27-16(13)11-15(14)19(22)26/h4-5,10-11,21H,1-3,6-9,12H2. The predicted molar refractivity (Wildman–Crippen MR) is 96.5 cm³/mol. The van der Waals surface area contributed by atoms with Gasteiger partial charge in [-0.05, 0) is 43.3 Å². The van der Waals surface area contributed by atoms with Crippen LogP contribution in [0.4, 0.5) is 0 Å². The van der Waals surface area contributed by atoms with E-state index in [2.05, 4.69) is 17.5 Å². The molecule has 140 valence electrons. The molecule has 4 heterocycles. The molecule has 1 aromatic carbocycles. The lowest BCUT2D eigenvalue weighted by atomic mass is 9.88. The van der Waals surface area contributed by atoms with Crippen molar-refractivity contribution in [3.63, 3.8) is 0 Å². The summed E-state index contributed by atoms with van der Waals surface area (Å²) in [7, 11) is 0. The number of carbonyl (C=O) groups is 3. The molecule has 0 aromatic heterocycles. The Morgan fingerprint density at radius 2 is 1.78 bits per heavy atom. The van der Waals surface area contributed by atoms with E-state index in [1.165, 1.54) is 5.01 Å². The minimum atomic E-state index is -0.313. The molecular formula is C20H21N3O4. The van der Waals surface area contributed by atoms with Crippen LogP contribution in [0.25, 0.3) is 6.08 Å². The molecule has 7 heteroatoms. The highest BCUT2D eigenvalue weighted by Gasteiger charge is 2.41. The zero-order valence-electron chi connectivity index (χ0n) is 15.0. The summed E-state index contributed by atoms with van der Waals surface area (Å²) >= 11 is 0. The van der Waals surface area contributed by atoms with Crippen LogP contribution in [0.5, 0.6) is 5.75 Å². The molecule has 5 rings (SSSR count). The van der Waals surface area contributed by atoms with Gasteiger partial charge in [0, 0.05) is 31.2 Å². The van der Waals surface area contributed by atoms with Gasteiger partial charge in [0.2, 0.25) is 11.8 Å². The number of rotatable bonds is 1. The molecule has 0 unspecified atom stereocenters. The number of ether oxygens (including phenoxy) is 1. The van der Waals surface area contributed by atoms with Crippen LogP contribution >= 0.6 is 0 Å². The molecule has 2 saturated heterocycles. The number of amides is 3. The number of carbonyl (C=O) groups excluding carboxylic acids is 3. The van der Waals surface area contributed by atoms with Crippen LogP contribution in [0, 0.1) is 0 Å². The molecular weight excluding hydrogens is 346 g/mol. The Morgan fingerprint density at radius 3 is 2.52 bits per heavy atom. The fourth-order valence-electron chi connectivity index (χ4n) is 4.35. The van der Waals surface area contributed by atoms with Gasteiger partial charge in [-0.25, -0.2) is 5.01 Å². The van der Waals surface area contributed by atoms with Gasteiger partial charge in [0.15, 0.2) is 0 Å². The summed E-state index contributed by atoms with van der Waals surface area (Å²) < 4.78 is 6.31. The molecule has 1 aromatic rings. The number of nitrogens with one attached hydrogen (secondary N) is 1. The van der Waals surface area contributed by atoms with Crippen molar-refractivity contribution in [3.05, 3.63) is 34.9 Å². The highest BCUT2D eigenvalue weighted by atomic mass is 16.5. The van der Waals surface area contributed by atoms with Crippen molar-refractivity contribution >= 4 is 23.8 Å². The minimum Gasteiger partial charge on any atom is -0.482 e. The van der Waals surface area contributed by atoms with E-state index in [-0.39, 0.29) is 29.9 Å². The molecule has 27 heavy (non-hydrogen) atoms. The molecule has 4 aliphatic rings. The van der Waals surface area contributed by atoms with Crippen LogP contribution in [0.2, 0.25) is 0 Å².